The quantitative estimate of drug-likeness (QED) is 0.407. The van der Waals surface area contributed by atoms with Crippen LogP contribution in [0, 0.1) is 13.8 Å². The Labute approximate surface area is 184 Å². The van der Waals surface area contributed by atoms with Crippen LogP contribution in [-0.2, 0) is 11.3 Å². The molecule has 0 unspecified atom stereocenters. The van der Waals surface area contributed by atoms with Crippen molar-refractivity contribution in [2.24, 2.45) is 0 Å². The number of ether oxygens (including phenoxy) is 1. The van der Waals surface area contributed by atoms with Crippen LogP contribution in [0.1, 0.15) is 16.7 Å². The summed E-state index contributed by atoms with van der Waals surface area (Å²) in [5, 5.41) is 4.60. The monoisotopic (exact) mass is 436 g/mol. The third kappa shape index (κ3) is 4.64. The molecule has 4 aromatic rings. The maximum absolute atomic E-state index is 12.1. The molecule has 30 heavy (non-hydrogen) atoms. The van der Waals surface area contributed by atoms with E-state index < -0.39 is 0 Å². The third-order valence-electron chi connectivity index (χ3n) is 4.76. The van der Waals surface area contributed by atoms with Gasteiger partial charge in [0.25, 0.3) is 5.91 Å². The van der Waals surface area contributed by atoms with Gasteiger partial charge < -0.3 is 10.1 Å². The largest absolute Gasteiger partial charge is 0.484 e. The molecule has 1 heterocycles. The minimum atomic E-state index is -0.171. The molecular formula is C24H21ClN2O2S. The number of aryl methyl sites for hydroxylation is 2. The highest BCUT2D eigenvalue weighted by molar-refractivity contribution is 7.21. The van der Waals surface area contributed by atoms with Crippen molar-refractivity contribution in [3.63, 3.8) is 0 Å². The standard InChI is InChI=1S/C24H21ClN2O2S/c1-15-11-19(12-16(2)23(15)25)29-14-22(28)26-13-17-7-9-18(10-8-17)24-27-20-5-3-4-6-21(20)30-24/h3-12H,13-14H2,1-2H3,(H,26,28). The van der Waals surface area contributed by atoms with Gasteiger partial charge in [0, 0.05) is 17.1 Å². The first kappa shape index (κ1) is 20.4. The number of carbonyl (C=O) groups is 1. The van der Waals surface area contributed by atoms with E-state index in [1.165, 1.54) is 4.70 Å². The molecule has 0 radical (unpaired) electrons. The number of carbonyl (C=O) groups excluding carboxylic acids is 1. The highest BCUT2D eigenvalue weighted by Gasteiger charge is 2.08. The molecule has 3 aromatic carbocycles. The molecule has 1 N–H and O–H groups in total. The molecule has 0 saturated heterocycles. The van der Waals surface area contributed by atoms with Crippen molar-refractivity contribution >= 4 is 39.1 Å². The lowest BCUT2D eigenvalue weighted by atomic mass is 10.1. The van der Waals surface area contributed by atoms with Crippen LogP contribution in [0.3, 0.4) is 0 Å². The molecule has 4 rings (SSSR count). The number of para-hydroxylation sites is 1. The molecule has 1 aromatic heterocycles. The van der Waals surface area contributed by atoms with Crippen molar-refractivity contribution in [2.45, 2.75) is 20.4 Å². The van der Waals surface area contributed by atoms with E-state index in [1.54, 1.807) is 11.3 Å². The van der Waals surface area contributed by atoms with Crippen LogP contribution in [0.25, 0.3) is 20.8 Å². The fraction of sp³-hybridized carbons (Fsp3) is 0.167. The first-order valence-corrected chi connectivity index (χ1v) is 10.8. The van der Waals surface area contributed by atoms with Gasteiger partial charge in [0.15, 0.2) is 6.61 Å². The van der Waals surface area contributed by atoms with Crippen molar-refractivity contribution in [1.29, 1.82) is 0 Å². The molecule has 152 valence electrons. The van der Waals surface area contributed by atoms with Crippen molar-refractivity contribution in [2.75, 3.05) is 6.61 Å². The Kier molecular flexibility index (Phi) is 6.02. The Balaban J connectivity index is 1.32. The number of hydrogen-bond acceptors (Lipinski definition) is 4. The van der Waals surface area contributed by atoms with E-state index in [1.807, 2.05) is 68.4 Å². The average molecular weight is 437 g/mol. The fourth-order valence-corrected chi connectivity index (χ4v) is 4.23. The van der Waals surface area contributed by atoms with Gasteiger partial charge in [-0.25, -0.2) is 4.98 Å². The molecule has 4 nitrogen and oxygen atoms in total. The van der Waals surface area contributed by atoms with Crippen LogP contribution >= 0.6 is 22.9 Å². The number of fused-ring (bicyclic) bond motifs is 1. The van der Waals surface area contributed by atoms with Crippen molar-refractivity contribution < 1.29 is 9.53 Å². The minimum Gasteiger partial charge on any atom is -0.484 e. The lowest BCUT2D eigenvalue weighted by Crippen LogP contribution is -2.28. The summed E-state index contributed by atoms with van der Waals surface area (Å²) >= 11 is 7.84. The second-order valence-electron chi connectivity index (χ2n) is 7.12. The SMILES string of the molecule is Cc1cc(OCC(=O)NCc2ccc(-c3nc4ccccc4s3)cc2)cc(C)c1Cl. The molecular weight excluding hydrogens is 416 g/mol. The zero-order valence-corrected chi connectivity index (χ0v) is 18.3. The van der Waals surface area contributed by atoms with Crippen LogP contribution in [0.5, 0.6) is 5.75 Å². The molecule has 0 atom stereocenters. The Hall–Kier alpha value is -2.89. The summed E-state index contributed by atoms with van der Waals surface area (Å²) in [7, 11) is 0. The van der Waals surface area contributed by atoms with Crippen LogP contribution in [-0.4, -0.2) is 17.5 Å². The number of amides is 1. The number of nitrogens with zero attached hydrogens (tertiary/aromatic N) is 1. The van der Waals surface area contributed by atoms with Gasteiger partial charge >= 0.3 is 0 Å². The summed E-state index contributed by atoms with van der Waals surface area (Å²) in [5.74, 6) is 0.472. The number of aromatic nitrogens is 1. The van der Waals surface area contributed by atoms with Gasteiger partial charge in [0.2, 0.25) is 0 Å². The van der Waals surface area contributed by atoms with E-state index in [9.17, 15) is 4.79 Å². The number of nitrogens with one attached hydrogen (secondary N) is 1. The molecule has 0 aliphatic rings. The van der Waals surface area contributed by atoms with Gasteiger partial charge in [0.05, 0.1) is 10.2 Å². The number of thiazole rings is 1. The normalized spacial score (nSPS) is 10.9. The third-order valence-corrected chi connectivity index (χ3v) is 6.45. The highest BCUT2D eigenvalue weighted by Crippen LogP contribution is 2.30. The summed E-state index contributed by atoms with van der Waals surface area (Å²) in [6.45, 7) is 4.24. The zero-order chi connectivity index (χ0) is 21.1. The first-order chi connectivity index (χ1) is 14.5. The van der Waals surface area contributed by atoms with Gasteiger partial charge in [-0.2, -0.15) is 0 Å². The molecule has 0 fully saturated rings. The predicted octanol–water partition coefficient (Wildman–Crippen LogP) is 5.93. The van der Waals surface area contributed by atoms with Gasteiger partial charge in [-0.3, -0.25) is 4.79 Å². The molecule has 0 bridgehead atoms. The topological polar surface area (TPSA) is 51.2 Å². The summed E-state index contributed by atoms with van der Waals surface area (Å²) in [6.07, 6.45) is 0. The summed E-state index contributed by atoms with van der Waals surface area (Å²) < 4.78 is 6.78. The zero-order valence-electron chi connectivity index (χ0n) is 16.7. The predicted molar refractivity (Wildman–Crippen MR) is 123 cm³/mol. The van der Waals surface area contributed by atoms with E-state index in [-0.39, 0.29) is 12.5 Å². The number of halogens is 1. The lowest BCUT2D eigenvalue weighted by molar-refractivity contribution is -0.123. The molecule has 0 saturated carbocycles. The number of hydrogen-bond donors (Lipinski definition) is 1. The second kappa shape index (κ2) is 8.86. The summed E-state index contributed by atoms with van der Waals surface area (Å²) in [5.41, 5.74) is 4.97. The Morgan fingerprint density at radius 1 is 1.07 bits per heavy atom. The first-order valence-electron chi connectivity index (χ1n) is 9.61. The Morgan fingerprint density at radius 2 is 1.77 bits per heavy atom. The smallest absolute Gasteiger partial charge is 0.258 e. The van der Waals surface area contributed by atoms with Gasteiger partial charge in [-0.05, 0) is 54.8 Å². The maximum Gasteiger partial charge on any atom is 0.258 e. The van der Waals surface area contributed by atoms with E-state index >= 15 is 0 Å². The van der Waals surface area contributed by atoms with Gasteiger partial charge in [-0.1, -0.05) is 48.0 Å². The van der Waals surface area contributed by atoms with Gasteiger partial charge in [0.1, 0.15) is 10.8 Å². The van der Waals surface area contributed by atoms with Crippen molar-refractivity contribution in [3.05, 3.63) is 82.4 Å². The van der Waals surface area contributed by atoms with Crippen LogP contribution < -0.4 is 10.1 Å². The van der Waals surface area contributed by atoms with Crippen LogP contribution in [0.15, 0.2) is 60.7 Å². The van der Waals surface area contributed by atoms with E-state index in [2.05, 4.69) is 16.4 Å². The Bertz CT molecular complexity index is 1150. The van der Waals surface area contributed by atoms with Crippen LogP contribution in [0.4, 0.5) is 0 Å². The number of rotatable bonds is 6. The second-order valence-corrected chi connectivity index (χ2v) is 8.53. The maximum atomic E-state index is 12.1. The van der Waals surface area contributed by atoms with Crippen LogP contribution in [0.2, 0.25) is 5.02 Å². The van der Waals surface area contributed by atoms with E-state index in [4.69, 9.17) is 16.3 Å². The van der Waals surface area contributed by atoms with Crippen molar-refractivity contribution in [1.82, 2.24) is 10.3 Å². The average Bonchev–Trinajstić information content (AvgIpc) is 3.19. The molecule has 0 aliphatic heterocycles. The van der Waals surface area contributed by atoms with E-state index in [0.29, 0.717) is 12.3 Å². The van der Waals surface area contributed by atoms with E-state index in [0.717, 1.165) is 37.8 Å². The molecule has 0 spiro atoms. The van der Waals surface area contributed by atoms with Crippen molar-refractivity contribution in [3.8, 4) is 16.3 Å². The minimum absolute atomic E-state index is 0.0374. The highest BCUT2D eigenvalue weighted by atomic mass is 35.5. The molecule has 1 amide bonds. The number of benzene rings is 3. The Morgan fingerprint density at radius 3 is 2.47 bits per heavy atom. The fourth-order valence-electron chi connectivity index (χ4n) is 3.15. The summed E-state index contributed by atoms with van der Waals surface area (Å²) in [4.78, 5) is 16.8. The van der Waals surface area contributed by atoms with Gasteiger partial charge in [-0.15, -0.1) is 11.3 Å². The summed E-state index contributed by atoms with van der Waals surface area (Å²) in [6, 6.07) is 19.9. The molecule has 0 aliphatic carbocycles. The lowest BCUT2D eigenvalue weighted by Gasteiger charge is -2.10. The molecule has 6 heteroatoms.